The molecule has 5 rings (SSSR count). The van der Waals surface area contributed by atoms with Crippen LogP contribution in [-0.2, 0) is 23.2 Å². The van der Waals surface area contributed by atoms with E-state index in [0.29, 0.717) is 11.1 Å². The molecule has 7 heteroatoms. The number of benzene rings is 2. The van der Waals surface area contributed by atoms with Crippen molar-refractivity contribution in [3.63, 3.8) is 0 Å². The molecule has 2 aliphatic rings. The lowest BCUT2D eigenvalue weighted by Gasteiger charge is -2.38. The molecule has 33 heavy (non-hydrogen) atoms. The fourth-order valence-electron chi connectivity index (χ4n) is 4.78. The van der Waals surface area contributed by atoms with Gasteiger partial charge in [-0.05, 0) is 48.7 Å². The van der Waals surface area contributed by atoms with Crippen LogP contribution in [0.1, 0.15) is 35.2 Å². The third-order valence-electron chi connectivity index (χ3n) is 6.65. The highest BCUT2D eigenvalue weighted by Crippen LogP contribution is 2.34. The molecule has 3 heterocycles. The molecule has 2 aromatic carbocycles. The van der Waals surface area contributed by atoms with Crippen LogP contribution in [0, 0.1) is 6.92 Å². The second-order valence-electron chi connectivity index (χ2n) is 8.88. The van der Waals surface area contributed by atoms with Crippen molar-refractivity contribution >= 4 is 29.1 Å². The van der Waals surface area contributed by atoms with E-state index in [4.69, 9.17) is 21.9 Å². The van der Waals surface area contributed by atoms with Crippen LogP contribution in [0.2, 0.25) is 0 Å². The summed E-state index contributed by atoms with van der Waals surface area (Å²) in [5.41, 5.74) is 4.94. The summed E-state index contributed by atoms with van der Waals surface area (Å²) >= 11 is 5.64. The van der Waals surface area contributed by atoms with Crippen LogP contribution >= 0.6 is 12.2 Å². The van der Waals surface area contributed by atoms with Gasteiger partial charge in [-0.15, -0.1) is 0 Å². The van der Waals surface area contributed by atoms with Gasteiger partial charge in [0, 0.05) is 50.0 Å². The first-order valence-corrected chi connectivity index (χ1v) is 11.9. The smallest absolute Gasteiger partial charge is 0.231 e. The van der Waals surface area contributed by atoms with Crippen LogP contribution in [-0.4, -0.2) is 34.8 Å². The Hall–Kier alpha value is -3.03. The van der Waals surface area contributed by atoms with E-state index in [1.807, 2.05) is 13.0 Å². The molecule has 1 fully saturated rings. The summed E-state index contributed by atoms with van der Waals surface area (Å²) in [6, 6.07) is 21.2. The summed E-state index contributed by atoms with van der Waals surface area (Å²) in [6.07, 6.45) is 1.93. The first-order valence-electron chi connectivity index (χ1n) is 11.5. The molecule has 1 aromatic heterocycles. The largest absolute Gasteiger partial charge is 0.381 e. The molecule has 6 nitrogen and oxygen atoms in total. The summed E-state index contributed by atoms with van der Waals surface area (Å²) in [4.78, 5) is 11.6. The third kappa shape index (κ3) is 4.84. The second-order valence-corrected chi connectivity index (χ2v) is 9.29. The van der Waals surface area contributed by atoms with E-state index in [1.54, 1.807) is 0 Å². The van der Waals surface area contributed by atoms with Crippen molar-refractivity contribution in [1.29, 1.82) is 0 Å². The summed E-state index contributed by atoms with van der Waals surface area (Å²) in [5, 5.41) is 7.19. The zero-order valence-corrected chi connectivity index (χ0v) is 19.7. The maximum atomic E-state index is 5.65. The summed E-state index contributed by atoms with van der Waals surface area (Å²) in [7, 11) is 0. The topological polar surface area (TPSA) is 62.3 Å². The molecule has 0 aliphatic carbocycles. The van der Waals surface area contributed by atoms with E-state index in [1.165, 1.54) is 16.7 Å². The minimum absolute atomic E-state index is 0.00516. The van der Waals surface area contributed by atoms with Gasteiger partial charge in [-0.3, -0.25) is 0 Å². The lowest BCUT2D eigenvalue weighted by atomic mass is 9.74. The molecule has 2 N–H and O–H groups in total. The predicted octanol–water partition coefficient (Wildman–Crippen LogP) is 4.34. The van der Waals surface area contributed by atoms with E-state index >= 15 is 0 Å². The average molecular weight is 460 g/mol. The Morgan fingerprint density at radius 2 is 1.67 bits per heavy atom. The molecule has 3 aromatic rings. The molecule has 0 saturated carbocycles. The van der Waals surface area contributed by atoms with Gasteiger partial charge in [0.05, 0.1) is 0 Å². The van der Waals surface area contributed by atoms with Crippen molar-refractivity contribution in [3.05, 3.63) is 83.0 Å². The van der Waals surface area contributed by atoms with Crippen molar-refractivity contribution < 1.29 is 4.74 Å². The van der Waals surface area contributed by atoms with Crippen LogP contribution in [0.4, 0.5) is 11.8 Å². The van der Waals surface area contributed by atoms with Crippen molar-refractivity contribution in [2.75, 3.05) is 30.0 Å². The quantitative estimate of drug-likeness (QED) is 0.551. The molecule has 0 radical (unpaired) electrons. The van der Waals surface area contributed by atoms with Crippen LogP contribution in [0.15, 0.2) is 60.7 Å². The Balaban J connectivity index is 1.26. The number of ether oxygens (including phenoxy) is 1. The lowest BCUT2D eigenvalue weighted by molar-refractivity contribution is 0.0515. The highest BCUT2D eigenvalue weighted by molar-refractivity contribution is 7.80. The number of thiocarbonyl (C=S) groups is 1. The van der Waals surface area contributed by atoms with Gasteiger partial charge >= 0.3 is 0 Å². The number of nitrogens with one attached hydrogen (secondary N) is 2. The first-order chi connectivity index (χ1) is 16.1. The highest BCUT2D eigenvalue weighted by Gasteiger charge is 2.34. The van der Waals surface area contributed by atoms with Gasteiger partial charge in [-0.25, -0.2) is 4.98 Å². The van der Waals surface area contributed by atoms with Crippen molar-refractivity contribution in [3.8, 4) is 0 Å². The standard InChI is InChI=1S/C26H29N5OS/c1-19-15-23(31-16-20-7-5-6-8-21(20)17-31)29-24(28-19)30-25(33)27-18-26(11-13-32-14-12-26)22-9-3-2-4-10-22/h2-10,15H,11-14,16-18H2,1H3,(H2,27,28,29,30,33). The number of aromatic nitrogens is 2. The van der Waals surface area contributed by atoms with E-state index in [9.17, 15) is 0 Å². The SMILES string of the molecule is Cc1cc(N2Cc3ccccc3C2)nc(NC(=S)NCC2(c3ccccc3)CCOCC2)n1. The minimum Gasteiger partial charge on any atom is -0.381 e. The van der Waals surface area contributed by atoms with Gasteiger partial charge in [0.2, 0.25) is 5.95 Å². The molecule has 1 saturated heterocycles. The number of nitrogens with zero attached hydrogens (tertiary/aromatic N) is 3. The summed E-state index contributed by atoms with van der Waals surface area (Å²) < 4.78 is 5.65. The molecule has 2 aliphatic heterocycles. The van der Waals surface area contributed by atoms with Crippen molar-refractivity contribution in [1.82, 2.24) is 15.3 Å². The van der Waals surface area contributed by atoms with Crippen LogP contribution in [0.5, 0.6) is 0 Å². The Bertz CT molecular complexity index is 1110. The van der Waals surface area contributed by atoms with Gasteiger partial charge in [0.25, 0.3) is 0 Å². The predicted molar refractivity (Wildman–Crippen MR) is 135 cm³/mol. The average Bonchev–Trinajstić information content (AvgIpc) is 3.28. The molecule has 170 valence electrons. The normalized spacial score (nSPS) is 16.8. The van der Waals surface area contributed by atoms with Crippen LogP contribution < -0.4 is 15.5 Å². The maximum Gasteiger partial charge on any atom is 0.231 e. The van der Waals surface area contributed by atoms with Gasteiger partial charge in [0.15, 0.2) is 5.11 Å². The molecule has 0 atom stereocenters. The van der Waals surface area contributed by atoms with E-state index in [2.05, 4.69) is 75.1 Å². The molecule has 0 bridgehead atoms. The number of hydrogen-bond acceptors (Lipinski definition) is 5. The monoisotopic (exact) mass is 459 g/mol. The van der Waals surface area contributed by atoms with Gasteiger partial charge < -0.3 is 20.3 Å². The zero-order valence-electron chi connectivity index (χ0n) is 18.9. The van der Waals surface area contributed by atoms with Crippen LogP contribution in [0.3, 0.4) is 0 Å². The van der Waals surface area contributed by atoms with Crippen LogP contribution in [0.25, 0.3) is 0 Å². The Labute approximate surface area is 200 Å². The Kier molecular flexibility index (Phi) is 6.24. The number of fused-ring (bicyclic) bond motifs is 1. The second kappa shape index (κ2) is 9.45. The highest BCUT2D eigenvalue weighted by atomic mass is 32.1. The lowest BCUT2D eigenvalue weighted by Crippen LogP contribution is -2.45. The summed E-state index contributed by atoms with van der Waals surface area (Å²) in [6.45, 7) is 5.97. The minimum atomic E-state index is 0.00516. The van der Waals surface area contributed by atoms with Gasteiger partial charge in [-0.1, -0.05) is 54.6 Å². The fourth-order valence-corrected chi connectivity index (χ4v) is 4.94. The first kappa shape index (κ1) is 21.8. The Morgan fingerprint density at radius 3 is 2.36 bits per heavy atom. The molecule has 0 unspecified atom stereocenters. The van der Waals surface area contributed by atoms with Gasteiger partial charge in [0.1, 0.15) is 5.82 Å². The molecule has 0 spiro atoms. The number of aryl methyl sites for hydroxylation is 1. The zero-order chi connectivity index (χ0) is 22.7. The van der Waals surface area contributed by atoms with Gasteiger partial charge in [-0.2, -0.15) is 4.98 Å². The fraction of sp³-hybridized carbons (Fsp3) is 0.346. The molecule has 0 amide bonds. The maximum absolute atomic E-state index is 5.65. The van der Waals surface area contributed by atoms with E-state index in [-0.39, 0.29) is 5.41 Å². The van der Waals surface area contributed by atoms with Crippen molar-refractivity contribution in [2.45, 2.75) is 38.3 Å². The number of anilines is 2. The number of hydrogen-bond donors (Lipinski definition) is 2. The number of rotatable bonds is 5. The Morgan fingerprint density at radius 1 is 1.00 bits per heavy atom. The molecular weight excluding hydrogens is 430 g/mol. The summed E-state index contributed by atoms with van der Waals surface area (Å²) in [5.74, 6) is 1.44. The van der Waals surface area contributed by atoms with Crippen molar-refractivity contribution in [2.24, 2.45) is 0 Å². The molecular formula is C26H29N5OS. The van der Waals surface area contributed by atoms with E-state index < -0.39 is 0 Å². The van der Waals surface area contributed by atoms with E-state index in [0.717, 1.165) is 57.2 Å². The third-order valence-corrected chi connectivity index (χ3v) is 6.90.